The molecule has 126 valence electrons. The van der Waals surface area contributed by atoms with Crippen molar-refractivity contribution in [1.29, 1.82) is 0 Å². The molecule has 0 spiro atoms. The van der Waals surface area contributed by atoms with Crippen molar-refractivity contribution in [1.82, 2.24) is 15.6 Å². The molecule has 24 heavy (non-hydrogen) atoms. The summed E-state index contributed by atoms with van der Waals surface area (Å²) in [5.41, 5.74) is 0.760. The van der Waals surface area contributed by atoms with Crippen LogP contribution >= 0.6 is 11.6 Å². The molecule has 2 aromatic rings. The quantitative estimate of drug-likeness (QED) is 0.737. The summed E-state index contributed by atoms with van der Waals surface area (Å²) in [7, 11) is 0. The van der Waals surface area contributed by atoms with Crippen LogP contribution in [-0.4, -0.2) is 35.0 Å². The standard InChI is InChI=1S/C16H16ClN3O4/c1-8(14(21)20-16(23)18-9-6-7-9)24-15(22)13-12(17)10-4-2-3-5-11(10)19-13/h2-5,8-9,19H,6-7H2,1H3,(H2,18,20,21,23). The van der Waals surface area contributed by atoms with Crippen molar-refractivity contribution in [2.45, 2.75) is 31.9 Å². The van der Waals surface area contributed by atoms with Gasteiger partial charge in [-0.05, 0) is 25.8 Å². The number of aromatic amines is 1. The number of carbonyl (C=O) groups is 3. The van der Waals surface area contributed by atoms with Gasteiger partial charge in [0.2, 0.25) is 0 Å². The molecule has 3 amide bonds. The van der Waals surface area contributed by atoms with Crippen molar-refractivity contribution in [3.8, 4) is 0 Å². The molecule has 1 aromatic heterocycles. The second-order valence-electron chi connectivity index (χ2n) is 5.64. The van der Waals surface area contributed by atoms with Crippen LogP contribution in [-0.2, 0) is 9.53 Å². The number of fused-ring (bicyclic) bond motifs is 1. The smallest absolute Gasteiger partial charge is 0.357 e. The molecule has 3 rings (SSSR count). The zero-order valence-electron chi connectivity index (χ0n) is 12.9. The van der Waals surface area contributed by atoms with Gasteiger partial charge in [0, 0.05) is 16.9 Å². The molecule has 0 radical (unpaired) electrons. The van der Waals surface area contributed by atoms with Gasteiger partial charge < -0.3 is 15.0 Å². The summed E-state index contributed by atoms with van der Waals surface area (Å²) < 4.78 is 5.08. The van der Waals surface area contributed by atoms with E-state index in [0.29, 0.717) is 10.9 Å². The number of para-hydroxylation sites is 1. The molecule has 1 unspecified atom stereocenters. The van der Waals surface area contributed by atoms with Gasteiger partial charge in [-0.15, -0.1) is 0 Å². The number of rotatable bonds is 4. The number of H-pyrrole nitrogens is 1. The average molecular weight is 350 g/mol. The Labute approximate surface area is 142 Å². The largest absolute Gasteiger partial charge is 0.448 e. The van der Waals surface area contributed by atoms with Crippen LogP contribution in [0.15, 0.2) is 24.3 Å². The van der Waals surface area contributed by atoms with Gasteiger partial charge in [-0.3, -0.25) is 10.1 Å². The highest BCUT2D eigenvalue weighted by Crippen LogP contribution is 2.27. The van der Waals surface area contributed by atoms with Crippen molar-refractivity contribution in [2.75, 3.05) is 0 Å². The lowest BCUT2D eigenvalue weighted by Gasteiger charge is -2.12. The molecule has 0 bridgehead atoms. The van der Waals surface area contributed by atoms with Crippen LogP contribution in [0, 0.1) is 0 Å². The van der Waals surface area contributed by atoms with Crippen molar-refractivity contribution in [3.05, 3.63) is 35.0 Å². The fourth-order valence-corrected chi connectivity index (χ4v) is 2.47. The van der Waals surface area contributed by atoms with E-state index in [4.69, 9.17) is 16.3 Å². The molecule has 0 saturated heterocycles. The molecule has 1 saturated carbocycles. The van der Waals surface area contributed by atoms with E-state index in [9.17, 15) is 14.4 Å². The third-order valence-electron chi connectivity index (χ3n) is 3.65. The third-order valence-corrected chi connectivity index (χ3v) is 4.04. The minimum atomic E-state index is -1.13. The van der Waals surface area contributed by atoms with Crippen LogP contribution in [0.3, 0.4) is 0 Å². The van der Waals surface area contributed by atoms with Crippen LogP contribution in [0.25, 0.3) is 10.9 Å². The first-order valence-electron chi connectivity index (χ1n) is 7.54. The molecule has 1 aliphatic carbocycles. The average Bonchev–Trinajstić information content (AvgIpc) is 3.29. The Morgan fingerprint density at radius 1 is 1.29 bits per heavy atom. The van der Waals surface area contributed by atoms with E-state index in [-0.39, 0.29) is 16.8 Å². The summed E-state index contributed by atoms with van der Waals surface area (Å²) in [4.78, 5) is 38.5. The van der Waals surface area contributed by atoms with Crippen LogP contribution in [0.5, 0.6) is 0 Å². The van der Waals surface area contributed by atoms with Gasteiger partial charge in [-0.2, -0.15) is 0 Å². The zero-order valence-corrected chi connectivity index (χ0v) is 13.6. The van der Waals surface area contributed by atoms with Gasteiger partial charge in [0.15, 0.2) is 6.10 Å². The Kier molecular flexibility index (Phi) is 4.44. The number of benzene rings is 1. The number of carbonyl (C=O) groups excluding carboxylic acids is 3. The van der Waals surface area contributed by atoms with Gasteiger partial charge in [0.25, 0.3) is 5.91 Å². The Morgan fingerprint density at radius 2 is 2.00 bits per heavy atom. The normalized spacial score (nSPS) is 14.9. The predicted octanol–water partition coefficient (Wildman–Crippen LogP) is 2.35. The molecule has 0 aliphatic heterocycles. The van der Waals surface area contributed by atoms with E-state index in [0.717, 1.165) is 12.8 Å². The van der Waals surface area contributed by atoms with Crippen molar-refractivity contribution in [2.24, 2.45) is 0 Å². The van der Waals surface area contributed by atoms with Crippen LogP contribution in [0.1, 0.15) is 30.3 Å². The maximum Gasteiger partial charge on any atom is 0.357 e. The number of nitrogens with one attached hydrogen (secondary N) is 3. The second kappa shape index (κ2) is 6.52. The number of hydrogen-bond donors (Lipinski definition) is 3. The number of amides is 3. The van der Waals surface area contributed by atoms with Crippen molar-refractivity contribution < 1.29 is 19.1 Å². The Bertz CT molecular complexity index is 813. The minimum Gasteiger partial charge on any atom is -0.448 e. The molecule has 1 atom stereocenters. The van der Waals surface area contributed by atoms with Gasteiger partial charge >= 0.3 is 12.0 Å². The van der Waals surface area contributed by atoms with E-state index in [1.165, 1.54) is 6.92 Å². The molecule has 7 nitrogen and oxygen atoms in total. The van der Waals surface area contributed by atoms with Crippen molar-refractivity contribution >= 4 is 40.4 Å². The molecule has 1 fully saturated rings. The molecular formula is C16H16ClN3O4. The molecule has 3 N–H and O–H groups in total. The first-order valence-corrected chi connectivity index (χ1v) is 7.92. The molecule has 1 heterocycles. The number of aromatic nitrogens is 1. The third kappa shape index (κ3) is 3.51. The topological polar surface area (TPSA) is 100 Å². The van der Waals surface area contributed by atoms with E-state index in [1.807, 2.05) is 0 Å². The number of urea groups is 1. The minimum absolute atomic E-state index is 0.0694. The Hall–Kier alpha value is -2.54. The summed E-state index contributed by atoms with van der Waals surface area (Å²) >= 11 is 6.17. The maximum atomic E-state index is 12.2. The summed E-state index contributed by atoms with van der Waals surface area (Å²) in [6.45, 7) is 1.38. The summed E-state index contributed by atoms with van der Waals surface area (Å²) in [6.07, 6.45) is 0.681. The Balaban J connectivity index is 1.63. The highest BCUT2D eigenvalue weighted by atomic mass is 35.5. The zero-order chi connectivity index (χ0) is 17.3. The molecule has 1 aromatic carbocycles. The van der Waals surface area contributed by atoms with E-state index in [2.05, 4.69) is 15.6 Å². The number of halogens is 1. The van der Waals surface area contributed by atoms with E-state index < -0.39 is 24.0 Å². The fraction of sp³-hybridized carbons (Fsp3) is 0.312. The summed E-state index contributed by atoms with van der Waals surface area (Å²) in [5.74, 6) is -1.46. The molecule has 8 heteroatoms. The fourth-order valence-electron chi connectivity index (χ4n) is 2.18. The first kappa shape index (κ1) is 16.3. The Morgan fingerprint density at radius 3 is 2.67 bits per heavy atom. The van der Waals surface area contributed by atoms with E-state index in [1.54, 1.807) is 24.3 Å². The number of ether oxygens (including phenoxy) is 1. The van der Waals surface area contributed by atoms with Gasteiger partial charge in [-0.1, -0.05) is 29.8 Å². The van der Waals surface area contributed by atoms with Crippen LogP contribution < -0.4 is 10.6 Å². The predicted molar refractivity (Wildman–Crippen MR) is 87.9 cm³/mol. The lowest BCUT2D eigenvalue weighted by molar-refractivity contribution is -0.127. The highest BCUT2D eigenvalue weighted by molar-refractivity contribution is 6.38. The molecular weight excluding hydrogens is 334 g/mol. The highest BCUT2D eigenvalue weighted by Gasteiger charge is 2.27. The number of esters is 1. The van der Waals surface area contributed by atoms with Gasteiger partial charge in [-0.25, -0.2) is 9.59 Å². The molecule has 1 aliphatic rings. The second-order valence-corrected chi connectivity index (χ2v) is 6.02. The van der Waals surface area contributed by atoms with Gasteiger partial charge in [0.05, 0.1) is 5.02 Å². The number of imide groups is 1. The van der Waals surface area contributed by atoms with Crippen molar-refractivity contribution in [3.63, 3.8) is 0 Å². The lowest BCUT2D eigenvalue weighted by Crippen LogP contribution is -2.45. The van der Waals surface area contributed by atoms with E-state index >= 15 is 0 Å². The summed E-state index contributed by atoms with van der Waals surface area (Å²) in [6, 6.07) is 6.68. The number of hydrogen-bond acceptors (Lipinski definition) is 4. The van der Waals surface area contributed by atoms with Crippen LogP contribution in [0.4, 0.5) is 4.79 Å². The maximum absolute atomic E-state index is 12.2. The van der Waals surface area contributed by atoms with Crippen LogP contribution in [0.2, 0.25) is 5.02 Å². The monoisotopic (exact) mass is 349 g/mol. The first-order chi connectivity index (χ1) is 11.5. The summed E-state index contributed by atoms with van der Waals surface area (Å²) in [5, 5.41) is 5.67. The SMILES string of the molecule is CC(OC(=O)c1[nH]c2ccccc2c1Cl)C(=O)NC(=O)NC1CC1. The van der Waals surface area contributed by atoms with Gasteiger partial charge in [0.1, 0.15) is 5.69 Å². The lowest BCUT2D eigenvalue weighted by atomic mass is 10.2.